The van der Waals surface area contributed by atoms with Gasteiger partial charge in [0.1, 0.15) is 17.7 Å². The van der Waals surface area contributed by atoms with E-state index in [1.807, 2.05) is 31.5 Å². The van der Waals surface area contributed by atoms with Crippen LogP contribution >= 0.6 is 0 Å². The molecule has 0 aromatic carbocycles. The van der Waals surface area contributed by atoms with Crippen molar-refractivity contribution in [2.24, 2.45) is 4.99 Å². The average Bonchev–Trinajstić information content (AvgIpc) is 3.24. The fraction of sp³-hybridized carbons (Fsp3) is 0.778. The maximum Gasteiger partial charge on any atom is 0.410 e. The maximum absolute atomic E-state index is 12.5. The number of rotatable bonds is 7. The third-order valence-corrected chi connectivity index (χ3v) is 8.32. The molecule has 12 nitrogen and oxygen atoms in total. The predicted octanol–water partition coefficient (Wildman–Crippen LogP) is 4.05. The van der Waals surface area contributed by atoms with E-state index in [-0.39, 0.29) is 36.6 Å². The number of carbonyl (C=O) groups is 2. The molecule has 40 heavy (non-hydrogen) atoms. The van der Waals surface area contributed by atoms with Gasteiger partial charge in [-0.2, -0.15) is 4.31 Å². The Labute approximate surface area is 237 Å². The van der Waals surface area contributed by atoms with E-state index in [4.69, 9.17) is 9.47 Å². The van der Waals surface area contributed by atoms with Crippen LogP contribution in [0.2, 0.25) is 0 Å². The number of sulfonamides is 1. The van der Waals surface area contributed by atoms with E-state index in [1.165, 1.54) is 4.31 Å². The Bertz CT molecular complexity index is 1210. The predicted molar refractivity (Wildman–Crippen MR) is 148 cm³/mol. The van der Waals surface area contributed by atoms with E-state index in [0.29, 0.717) is 51.6 Å². The Morgan fingerprint density at radius 1 is 1.02 bits per heavy atom. The highest BCUT2D eigenvalue weighted by Crippen LogP contribution is 2.37. The highest BCUT2D eigenvalue weighted by Gasteiger charge is 2.35. The summed E-state index contributed by atoms with van der Waals surface area (Å²) in [6, 6.07) is -0.302. The third kappa shape index (κ3) is 8.87. The normalized spacial score (nSPS) is 21.1. The molecule has 2 heterocycles. The number of hydrogen-bond acceptors (Lipinski definition) is 9. The van der Waals surface area contributed by atoms with Gasteiger partial charge in [-0.1, -0.05) is 0 Å². The van der Waals surface area contributed by atoms with Crippen LogP contribution in [0, 0.1) is 0 Å². The number of aromatic nitrogens is 2. The van der Waals surface area contributed by atoms with Gasteiger partial charge in [0.2, 0.25) is 22.1 Å². The third-order valence-electron chi connectivity index (χ3n) is 7.04. The van der Waals surface area contributed by atoms with Crippen LogP contribution in [-0.2, 0) is 29.1 Å². The van der Waals surface area contributed by atoms with Crippen molar-refractivity contribution in [2.75, 3.05) is 25.9 Å². The van der Waals surface area contributed by atoms with Crippen LogP contribution in [0.3, 0.4) is 0 Å². The van der Waals surface area contributed by atoms with Gasteiger partial charge in [0.15, 0.2) is 0 Å². The van der Waals surface area contributed by atoms with Crippen LogP contribution in [0.15, 0.2) is 11.2 Å². The molecular weight excluding hydrogens is 538 g/mol. The lowest BCUT2D eigenvalue weighted by Crippen LogP contribution is -2.45. The molecule has 13 heteroatoms. The highest BCUT2D eigenvalue weighted by atomic mass is 32.2. The number of hydrogen-bond donors (Lipinski definition) is 0. The second-order valence-corrected chi connectivity index (χ2v) is 14.6. The Morgan fingerprint density at radius 2 is 1.60 bits per heavy atom. The zero-order valence-corrected chi connectivity index (χ0v) is 25.5. The van der Waals surface area contributed by atoms with Gasteiger partial charge >= 0.3 is 12.1 Å². The number of likely N-dealkylation sites (tertiary alicyclic amines) is 1. The Morgan fingerprint density at radius 3 is 2.10 bits per heavy atom. The first-order valence-electron chi connectivity index (χ1n) is 13.8. The number of isocyanates is 1. The van der Waals surface area contributed by atoms with Crippen molar-refractivity contribution >= 4 is 34.1 Å². The lowest BCUT2D eigenvalue weighted by atomic mass is 9.84. The Balaban J connectivity index is 1.67. The molecule has 2 aliphatic rings. The van der Waals surface area contributed by atoms with Crippen molar-refractivity contribution in [1.29, 1.82) is 0 Å². The summed E-state index contributed by atoms with van der Waals surface area (Å²) in [5.41, 5.74) is -0.475. The van der Waals surface area contributed by atoms with E-state index < -0.39 is 27.2 Å². The van der Waals surface area contributed by atoms with Crippen LogP contribution in [0.4, 0.5) is 10.7 Å². The number of amides is 1. The summed E-state index contributed by atoms with van der Waals surface area (Å²) < 4.78 is 39.0. The van der Waals surface area contributed by atoms with E-state index in [0.717, 1.165) is 11.9 Å². The van der Waals surface area contributed by atoms with Crippen molar-refractivity contribution < 1.29 is 32.3 Å². The number of carbonyl (C=O) groups excluding carboxylic acids is 3. The molecule has 1 aliphatic heterocycles. The standard InChI is InChI=1S/C27H43N5O7S/c1-26(2,3)38-23(34)17-32(40(7,36)37)21-10-8-19(9-11-21)22-16-31(24(29-22)28-18-33)20-12-14-30(15-13-20)25(35)39-27(4,5)6/h16,19-21H,8-15,17H2,1-7H3/t19-,21-. The number of esters is 1. The molecule has 1 saturated carbocycles. The summed E-state index contributed by atoms with van der Waals surface area (Å²) in [7, 11) is -3.62. The van der Waals surface area contributed by atoms with Gasteiger partial charge in [-0.15, -0.1) is 4.99 Å². The molecule has 0 unspecified atom stereocenters. The van der Waals surface area contributed by atoms with E-state index in [1.54, 1.807) is 31.8 Å². The molecule has 1 aliphatic carbocycles. The molecule has 0 spiro atoms. The summed E-state index contributed by atoms with van der Waals surface area (Å²) >= 11 is 0. The van der Waals surface area contributed by atoms with Crippen molar-refractivity contribution in [1.82, 2.24) is 18.8 Å². The Kier molecular flexibility index (Phi) is 9.85. The fourth-order valence-corrected chi connectivity index (χ4v) is 6.41. The molecule has 224 valence electrons. The first-order valence-corrected chi connectivity index (χ1v) is 15.6. The molecule has 1 aromatic rings. The molecule has 0 N–H and O–H groups in total. The molecule has 0 bridgehead atoms. The minimum absolute atomic E-state index is 0.0120. The summed E-state index contributed by atoms with van der Waals surface area (Å²) in [5, 5.41) is 0. The van der Waals surface area contributed by atoms with Gasteiger partial charge in [-0.05, 0) is 80.1 Å². The number of ether oxygens (including phenoxy) is 2. The van der Waals surface area contributed by atoms with Gasteiger partial charge in [-0.3, -0.25) is 4.79 Å². The molecule has 1 saturated heterocycles. The van der Waals surface area contributed by atoms with Crippen LogP contribution in [-0.4, -0.2) is 88.5 Å². The van der Waals surface area contributed by atoms with E-state index >= 15 is 0 Å². The number of nitrogens with zero attached hydrogens (tertiary/aromatic N) is 5. The SMILES string of the molecule is CC(C)(C)OC(=O)CN([C@H]1CC[C@H](c2cn(C3CCN(C(=O)OC(C)(C)C)CC3)c(N=C=O)n2)CC1)S(C)(=O)=O. The molecule has 1 aromatic heterocycles. The number of piperidine rings is 1. The van der Waals surface area contributed by atoms with Crippen LogP contribution in [0.1, 0.15) is 97.7 Å². The topological polar surface area (TPSA) is 140 Å². The summed E-state index contributed by atoms with van der Waals surface area (Å²) in [4.78, 5) is 46.1. The van der Waals surface area contributed by atoms with Gasteiger partial charge < -0.3 is 18.9 Å². The Hall–Kier alpha value is -2.76. The van der Waals surface area contributed by atoms with Gasteiger partial charge in [0.05, 0.1) is 11.9 Å². The molecule has 0 radical (unpaired) electrons. The smallest absolute Gasteiger partial charge is 0.410 e. The second kappa shape index (κ2) is 12.4. The highest BCUT2D eigenvalue weighted by molar-refractivity contribution is 7.88. The van der Waals surface area contributed by atoms with Gasteiger partial charge in [-0.25, -0.2) is 23.0 Å². The minimum Gasteiger partial charge on any atom is -0.459 e. The first kappa shape index (κ1) is 31.8. The minimum atomic E-state index is -3.62. The summed E-state index contributed by atoms with van der Waals surface area (Å²) in [6.07, 6.45) is 8.09. The zero-order chi connectivity index (χ0) is 29.9. The number of imidazole rings is 1. The summed E-state index contributed by atoms with van der Waals surface area (Å²) in [5.74, 6) is -0.235. The molecule has 0 atom stereocenters. The van der Waals surface area contributed by atoms with Gasteiger partial charge in [0, 0.05) is 37.3 Å². The van der Waals surface area contributed by atoms with Crippen molar-refractivity contribution in [3.8, 4) is 0 Å². The number of aliphatic imine (C=N–C) groups is 1. The van der Waals surface area contributed by atoms with Crippen molar-refractivity contribution in [3.63, 3.8) is 0 Å². The lowest BCUT2D eigenvalue weighted by molar-refractivity contribution is -0.155. The fourth-order valence-electron chi connectivity index (χ4n) is 5.32. The first-order chi connectivity index (χ1) is 18.5. The van der Waals surface area contributed by atoms with Crippen molar-refractivity contribution in [3.05, 3.63) is 11.9 Å². The monoisotopic (exact) mass is 581 g/mol. The van der Waals surface area contributed by atoms with E-state index in [2.05, 4.69) is 9.98 Å². The van der Waals surface area contributed by atoms with Crippen LogP contribution < -0.4 is 0 Å². The molecule has 2 fully saturated rings. The average molecular weight is 582 g/mol. The lowest BCUT2D eigenvalue weighted by Gasteiger charge is -2.35. The summed E-state index contributed by atoms with van der Waals surface area (Å²) in [6.45, 7) is 11.4. The molecular formula is C27H43N5O7S. The quantitative estimate of drug-likeness (QED) is 0.267. The molecule has 3 rings (SSSR count). The second-order valence-electron chi connectivity index (χ2n) is 12.7. The van der Waals surface area contributed by atoms with Gasteiger partial charge in [0.25, 0.3) is 0 Å². The zero-order valence-electron chi connectivity index (χ0n) is 24.7. The van der Waals surface area contributed by atoms with E-state index in [9.17, 15) is 22.8 Å². The van der Waals surface area contributed by atoms with Crippen LogP contribution in [0.5, 0.6) is 0 Å². The maximum atomic E-state index is 12.5. The molecule has 1 amide bonds. The largest absolute Gasteiger partial charge is 0.459 e. The van der Waals surface area contributed by atoms with Crippen LogP contribution in [0.25, 0.3) is 0 Å². The van der Waals surface area contributed by atoms with Crippen molar-refractivity contribution in [2.45, 2.75) is 109 Å².